The van der Waals surface area contributed by atoms with E-state index in [-0.39, 0.29) is 5.92 Å². The standard InChI is InChI=1S/C13H13N3/c1-10(9-14)11-4-6-12(7-5-11)16-13-3-2-8-15-13/h2,4-8,10H,3H2,1H3,(H,15,16)/t10-/m0/s1. The second-order valence-electron chi connectivity index (χ2n) is 3.76. The van der Waals surface area contributed by atoms with Crippen molar-refractivity contribution in [2.45, 2.75) is 19.3 Å². The second-order valence-corrected chi connectivity index (χ2v) is 3.76. The molecule has 0 saturated carbocycles. The summed E-state index contributed by atoms with van der Waals surface area (Å²) < 4.78 is 0. The molecule has 0 saturated heterocycles. The van der Waals surface area contributed by atoms with Crippen molar-refractivity contribution < 1.29 is 0 Å². The predicted molar refractivity (Wildman–Crippen MR) is 65.3 cm³/mol. The molecule has 0 aromatic heterocycles. The van der Waals surface area contributed by atoms with Crippen LogP contribution in [0.15, 0.2) is 41.5 Å². The topological polar surface area (TPSA) is 48.2 Å². The monoisotopic (exact) mass is 211 g/mol. The maximum atomic E-state index is 8.79. The molecule has 1 aromatic rings. The summed E-state index contributed by atoms with van der Waals surface area (Å²) in [6.07, 6.45) is 4.67. The summed E-state index contributed by atoms with van der Waals surface area (Å²) in [6.45, 7) is 1.90. The average molecular weight is 211 g/mol. The first-order chi connectivity index (χ1) is 7.79. The number of aliphatic imine (C=N–C) groups is 1. The quantitative estimate of drug-likeness (QED) is 0.817. The Hall–Kier alpha value is -2.08. The summed E-state index contributed by atoms with van der Waals surface area (Å²) in [4.78, 5) is 4.18. The molecule has 1 aliphatic rings. The van der Waals surface area contributed by atoms with Gasteiger partial charge in [-0.1, -0.05) is 18.2 Å². The van der Waals surface area contributed by atoms with E-state index in [9.17, 15) is 0 Å². The van der Waals surface area contributed by atoms with Gasteiger partial charge in [-0.2, -0.15) is 5.26 Å². The minimum Gasteiger partial charge on any atom is -0.344 e. The minimum atomic E-state index is -0.0560. The molecule has 2 rings (SSSR count). The molecule has 1 N–H and O–H groups in total. The van der Waals surface area contributed by atoms with Crippen LogP contribution in [0.3, 0.4) is 0 Å². The van der Waals surface area contributed by atoms with E-state index in [2.05, 4.69) is 16.4 Å². The molecule has 0 bridgehead atoms. The highest BCUT2D eigenvalue weighted by Crippen LogP contribution is 2.17. The zero-order chi connectivity index (χ0) is 11.4. The Labute approximate surface area is 95.1 Å². The van der Waals surface area contributed by atoms with Crippen LogP contribution in [0.5, 0.6) is 0 Å². The first-order valence-electron chi connectivity index (χ1n) is 5.28. The molecular weight excluding hydrogens is 198 g/mol. The number of nitriles is 1. The zero-order valence-corrected chi connectivity index (χ0v) is 9.14. The van der Waals surface area contributed by atoms with Crippen LogP contribution in [0.25, 0.3) is 0 Å². The van der Waals surface area contributed by atoms with Crippen LogP contribution in [0.2, 0.25) is 0 Å². The van der Waals surface area contributed by atoms with E-state index < -0.39 is 0 Å². The van der Waals surface area contributed by atoms with Crippen LogP contribution in [0.4, 0.5) is 5.69 Å². The summed E-state index contributed by atoms with van der Waals surface area (Å²) in [6, 6.07) is 10.1. The summed E-state index contributed by atoms with van der Waals surface area (Å²) >= 11 is 0. The molecule has 3 nitrogen and oxygen atoms in total. The van der Waals surface area contributed by atoms with E-state index in [1.807, 2.05) is 37.3 Å². The second kappa shape index (κ2) is 4.63. The zero-order valence-electron chi connectivity index (χ0n) is 9.14. The van der Waals surface area contributed by atoms with Gasteiger partial charge in [-0.15, -0.1) is 0 Å². The number of amidine groups is 1. The smallest absolute Gasteiger partial charge is 0.110 e. The maximum Gasteiger partial charge on any atom is 0.110 e. The Kier molecular flexibility index (Phi) is 3.02. The molecule has 1 heterocycles. The lowest BCUT2D eigenvalue weighted by molar-refractivity contribution is 0.982. The molecule has 16 heavy (non-hydrogen) atoms. The van der Waals surface area contributed by atoms with Gasteiger partial charge in [0.1, 0.15) is 5.84 Å². The molecule has 0 spiro atoms. The van der Waals surface area contributed by atoms with Gasteiger partial charge < -0.3 is 5.32 Å². The Morgan fingerprint density at radius 2 is 2.12 bits per heavy atom. The molecule has 80 valence electrons. The van der Waals surface area contributed by atoms with E-state index in [1.54, 1.807) is 6.20 Å². The predicted octanol–water partition coefficient (Wildman–Crippen LogP) is 3.04. The van der Waals surface area contributed by atoms with Gasteiger partial charge in [-0.05, 0) is 24.6 Å². The Morgan fingerprint density at radius 3 is 2.69 bits per heavy atom. The summed E-state index contributed by atoms with van der Waals surface area (Å²) in [5, 5.41) is 12.0. The van der Waals surface area contributed by atoms with Crippen molar-refractivity contribution in [1.29, 1.82) is 5.26 Å². The molecule has 0 amide bonds. The number of nitrogens with zero attached hydrogens (tertiary/aromatic N) is 2. The number of benzene rings is 1. The van der Waals surface area contributed by atoms with Crippen molar-refractivity contribution >= 4 is 11.5 Å². The number of hydrogen-bond donors (Lipinski definition) is 1. The number of nitrogens with one attached hydrogen (secondary N) is 1. The third-order valence-electron chi connectivity index (χ3n) is 2.54. The number of anilines is 1. The van der Waals surface area contributed by atoms with Gasteiger partial charge in [0.05, 0.1) is 12.0 Å². The summed E-state index contributed by atoms with van der Waals surface area (Å²) in [5.41, 5.74) is 2.05. The molecule has 0 radical (unpaired) electrons. The summed E-state index contributed by atoms with van der Waals surface area (Å²) in [5.74, 6) is 0.903. The van der Waals surface area contributed by atoms with Crippen molar-refractivity contribution in [2.75, 3.05) is 5.32 Å². The fourth-order valence-corrected chi connectivity index (χ4v) is 1.54. The third-order valence-corrected chi connectivity index (χ3v) is 2.54. The van der Waals surface area contributed by atoms with Crippen molar-refractivity contribution in [1.82, 2.24) is 0 Å². The molecule has 1 aliphatic heterocycles. The molecule has 0 fully saturated rings. The fraction of sp³-hybridized carbons (Fsp3) is 0.231. The van der Waals surface area contributed by atoms with E-state index in [0.717, 1.165) is 23.5 Å². The molecule has 1 atom stereocenters. The Morgan fingerprint density at radius 1 is 1.38 bits per heavy atom. The number of rotatable bonds is 2. The van der Waals surface area contributed by atoms with Crippen LogP contribution >= 0.6 is 0 Å². The van der Waals surface area contributed by atoms with Crippen LogP contribution in [0, 0.1) is 11.3 Å². The maximum absolute atomic E-state index is 8.79. The highest BCUT2D eigenvalue weighted by Gasteiger charge is 2.04. The van der Waals surface area contributed by atoms with Crippen molar-refractivity contribution in [3.63, 3.8) is 0 Å². The minimum absolute atomic E-state index is 0.0560. The van der Waals surface area contributed by atoms with Crippen molar-refractivity contribution in [2.24, 2.45) is 4.99 Å². The normalized spacial score (nSPS) is 15.4. The van der Waals surface area contributed by atoms with Crippen LogP contribution in [-0.2, 0) is 0 Å². The SMILES string of the molecule is C[C@@H](C#N)c1ccc(NC2=NC=CC2)cc1. The first kappa shape index (κ1) is 10.4. The molecule has 3 heteroatoms. The fourth-order valence-electron chi connectivity index (χ4n) is 1.54. The Balaban J connectivity index is 2.05. The molecule has 0 aliphatic carbocycles. The van der Waals surface area contributed by atoms with Gasteiger partial charge in [0.25, 0.3) is 0 Å². The van der Waals surface area contributed by atoms with Crippen LogP contribution < -0.4 is 5.32 Å². The van der Waals surface area contributed by atoms with Gasteiger partial charge >= 0.3 is 0 Å². The first-order valence-corrected chi connectivity index (χ1v) is 5.28. The van der Waals surface area contributed by atoms with Gasteiger partial charge in [-0.25, -0.2) is 4.99 Å². The largest absolute Gasteiger partial charge is 0.344 e. The van der Waals surface area contributed by atoms with Gasteiger partial charge in [0.2, 0.25) is 0 Å². The van der Waals surface area contributed by atoms with E-state index in [0.29, 0.717) is 0 Å². The molecular formula is C13H13N3. The highest BCUT2D eigenvalue weighted by molar-refractivity contribution is 5.97. The van der Waals surface area contributed by atoms with Crippen molar-refractivity contribution in [3.8, 4) is 6.07 Å². The van der Waals surface area contributed by atoms with Gasteiger partial charge in [0, 0.05) is 18.3 Å². The van der Waals surface area contributed by atoms with Gasteiger partial charge in [0.15, 0.2) is 0 Å². The third kappa shape index (κ3) is 2.29. The summed E-state index contributed by atoms with van der Waals surface area (Å²) in [7, 11) is 0. The Bertz CT molecular complexity index is 463. The molecule has 0 unspecified atom stereocenters. The van der Waals surface area contributed by atoms with Gasteiger partial charge in [-0.3, -0.25) is 0 Å². The number of hydrogen-bond acceptors (Lipinski definition) is 3. The van der Waals surface area contributed by atoms with E-state index >= 15 is 0 Å². The molecule has 1 aromatic carbocycles. The lowest BCUT2D eigenvalue weighted by Crippen LogP contribution is -2.08. The van der Waals surface area contributed by atoms with E-state index in [4.69, 9.17) is 5.26 Å². The lowest BCUT2D eigenvalue weighted by Gasteiger charge is -2.07. The van der Waals surface area contributed by atoms with Crippen LogP contribution in [-0.4, -0.2) is 5.84 Å². The average Bonchev–Trinajstić information content (AvgIpc) is 2.82. The van der Waals surface area contributed by atoms with Crippen LogP contribution in [0.1, 0.15) is 24.8 Å². The van der Waals surface area contributed by atoms with Crippen molar-refractivity contribution in [3.05, 3.63) is 42.1 Å². The van der Waals surface area contributed by atoms with E-state index in [1.165, 1.54) is 0 Å². The lowest BCUT2D eigenvalue weighted by atomic mass is 10.0. The highest BCUT2D eigenvalue weighted by atomic mass is 15.0.